The van der Waals surface area contributed by atoms with E-state index in [0.29, 0.717) is 18.4 Å². The van der Waals surface area contributed by atoms with Crippen LogP contribution in [-0.4, -0.2) is 11.6 Å². The Morgan fingerprint density at radius 1 is 0.935 bits per heavy atom. The van der Waals surface area contributed by atoms with E-state index in [1.807, 2.05) is 67.6 Å². The molecule has 0 saturated carbocycles. The first-order valence-electron chi connectivity index (χ1n) is 11.0. The van der Waals surface area contributed by atoms with Crippen LogP contribution in [0.2, 0.25) is 0 Å². The maximum Gasteiger partial charge on any atom is 0.219 e. The van der Waals surface area contributed by atoms with Crippen LogP contribution in [0.4, 0.5) is 0 Å². The molecule has 3 heteroatoms. The smallest absolute Gasteiger partial charge is 0.219 e. The zero-order valence-corrected chi connectivity index (χ0v) is 18.7. The van der Waals surface area contributed by atoms with Crippen molar-refractivity contribution in [3.05, 3.63) is 84.1 Å². The minimum absolute atomic E-state index is 0.316. The molecular weight excluding hydrogens is 382 g/mol. The fourth-order valence-corrected chi connectivity index (χ4v) is 3.92. The van der Waals surface area contributed by atoms with Gasteiger partial charge in [-0.05, 0) is 68.0 Å². The first-order chi connectivity index (χ1) is 15.1. The Hall–Kier alpha value is -3.25. The molecule has 0 fully saturated rings. The maximum atomic E-state index is 6.11. The Bertz CT molecular complexity index is 990. The Morgan fingerprint density at radius 2 is 1.68 bits per heavy atom. The molecule has 1 heterocycles. The number of benzene rings is 2. The largest absolute Gasteiger partial charge is 0.494 e. The van der Waals surface area contributed by atoms with Gasteiger partial charge >= 0.3 is 0 Å². The summed E-state index contributed by atoms with van der Waals surface area (Å²) in [6.45, 7) is 7.04. The molecule has 1 aromatic heterocycles. The van der Waals surface area contributed by atoms with Gasteiger partial charge in [0.2, 0.25) is 5.88 Å². The van der Waals surface area contributed by atoms with Crippen LogP contribution in [0.3, 0.4) is 0 Å². The van der Waals surface area contributed by atoms with Crippen LogP contribution in [0, 0.1) is 18.3 Å². The maximum absolute atomic E-state index is 6.11. The van der Waals surface area contributed by atoms with E-state index in [4.69, 9.17) is 15.9 Å². The Kier molecular flexibility index (Phi) is 7.73. The van der Waals surface area contributed by atoms with Gasteiger partial charge in [-0.3, -0.25) is 0 Å². The van der Waals surface area contributed by atoms with Gasteiger partial charge in [-0.2, -0.15) is 0 Å². The van der Waals surface area contributed by atoms with Gasteiger partial charge in [-0.15, -0.1) is 6.42 Å². The van der Waals surface area contributed by atoms with E-state index < -0.39 is 0 Å². The molecule has 0 amide bonds. The number of hydrogen-bond acceptors (Lipinski definition) is 3. The van der Waals surface area contributed by atoms with Crippen LogP contribution in [0.1, 0.15) is 44.9 Å². The molecule has 0 aliphatic heterocycles. The molecule has 3 nitrogen and oxygen atoms in total. The average Bonchev–Trinajstić information content (AvgIpc) is 2.78. The van der Waals surface area contributed by atoms with E-state index in [9.17, 15) is 0 Å². The Balaban J connectivity index is 1.69. The lowest BCUT2D eigenvalue weighted by Gasteiger charge is -2.33. The van der Waals surface area contributed by atoms with Gasteiger partial charge in [0.1, 0.15) is 11.5 Å². The van der Waals surface area contributed by atoms with Crippen molar-refractivity contribution in [2.75, 3.05) is 6.61 Å². The second kappa shape index (κ2) is 10.7. The third-order valence-corrected chi connectivity index (χ3v) is 5.67. The Labute approximate surface area is 186 Å². The van der Waals surface area contributed by atoms with Crippen LogP contribution in [0.15, 0.2) is 72.8 Å². The lowest BCUT2D eigenvalue weighted by Crippen LogP contribution is -2.31. The van der Waals surface area contributed by atoms with E-state index in [1.165, 1.54) is 5.56 Å². The quantitative estimate of drug-likeness (QED) is 0.342. The second-order valence-electron chi connectivity index (χ2n) is 7.96. The van der Waals surface area contributed by atoms with Crippen LogP contribution in [0.25, 0.3) is 0 Å². The van der Waals surface area contributed by atoms with E-state index in [1.54, 1.807) is 0 Å². The first kappa shape index (κ1) is 22.4. The zero-order valence-electron chi connectivity index (χ0n) is 18.7. The predicted molar refractivity (Wildman–Crippen MR) is 127 cm³/mol. The zero-order chi connectivity index (χ0) is 22.1. The molecule has 0 spiro atoms. The van der Waals surface area contributed by atoms with Gasteiger partial charge < -0.3 is 9.47 Å². The molecule has 1 atom stereocenters. The number of hydrogen-bond donors (Lipinski definition) is 0. The van der Waals surface area contributed by atoms with Crippen LogP contribution in [-0.2, 0) is 11.8 Å². The van der Waals surface area contributed by atoms with E-state index >= 15 is 0 Å². The molecule has 1 unspecified atom stereocenters. The van der Waals surface area contributed by atoms with Crippen molar-refractivity contribution < 1.29 is 9.47 Å². The highest BCUT2D eigenvalue weighted by atomic mass is 16.5. The number of nitrogens with zero attached hydrogens (tertiary/aromatic N) is 1. The van der Waals surface area contributed by atoms with Crippen molar-refractivity contribution in [1.82, 2.24) is 4.98 Å². The molecule has 160 valence electrons. The monoisotopic (exact) mass is 413 g/mol. The molecule has 2 aromatic carbocycles. The first-order valence-corrected chi connectivity index (χ1v) is 11.0. The molecule has 31 heavy (non-hydrogen) atoms. The molecule has 0 bridgehead atoms. The number of aromatic nitrogens is 1. The number of ether oxygens (including phenoxy) is 2. The topological polar surface area (TPSA) is 31.4 Å². The van der Waals surface area contributed by atoms with E-state index in [-0.39, 0.29) is 5.41 Å². The summed E-state index contributed by atoms with van der Waals surface area (Å²) >= 11 is 0. The van der Waals surface area contributed by atoms with Gasteiger partial charge in [0, 0.05) is 11.8 Å². The van der Waals surface area contributed by atoms with Crippen molar-refractivity contribution in [3.8, 4) is 29.7 Å². The molecule has 0 radical (unpaired) electrons. The number of terminal acetylenes is 1. The number of para-hydroxylation sites is 1. The minimum Gasteiger partial charge on any atom is -0.494 e. The summed E-state index contributed by atoms with van der Waals surface area (Å²) in [7, 11) is 0. The van der Waals surface area contributed by atoms with Crippen molar-refractivity contribution in [2.24, 2.45) is 5.92 Å². The summed E-state index contributed by atoms with van der Waals surface area (Å²) in [6.07, 6.45) is 8.79. The van der Waals surface area contributed by atoms with Gasteiger partial charge in [0.05, 0.1) is 12.0 Å². The molecule has 0 aliphatic carbocycles. The second-order valence-corrected chi connectivity index (χ2v) is 7.96. The standard InChI is InChI=1S/C28H31NO2/c1-5-28(22(3)4,23-17-19-25(20-18-23)30-6-2)21-11-13-24-12-10-16-27(29-24)31-26-14-8-7-9-15-26/h1,7-10,12,14-20,22H,6,11,13,21H2,2-4H3. The van der Waals surface area contributed by atoms with E-state index in [2.05, 4.69) is 36.9 Å². The SMILES string of the molecule is C#CC(CCCc1cccc(Oc2ccccc2)n1)(c1ccc(OCC)cc1)C(C)C. The molecule has 0 aliphatic rings. The van der Waals surface area contributed by atoms with E-state index in [0.717, 1.165) is 36.5 Å². The number of pyridine rings is 1. The minimum atomic E-state index is -0.317. The van der Waals surface area contributed by atoms with Crippen molar-refractivity contribution in [3.63, 3.8) is 0 Å². The summed E-state index contributed by atoms with van der Waals surface area (Å²) in [5.41, 5.74) is 1.86. The Morgan fingerprint density at radius 3 is 2.32 bits per heavy atom. The summed E-state index contributed by atoms with van der Waals surface area (Å²) in [5.74, 6) is 5.72. The fourth-order valence-electron chi connectivity index (χ4n) is 3.92. The normalized spacial score (nSPS) is 12.7. The molecule has 3 rings (SSSR count). The lowest BCUT2D eigenvalue weighted by atomic mass is 9.69. The molecule has 0 saturated heterocycles. The van der Waals surface area contributed by atoms with Gasteiger partial charge in [0.15, 0.2) is 0 Å². The van der Waals surface area contributed by atoms with Crippen molar-refractivity contribution in [2.45, 2.75) is 45.4 Å². The number of rotatable bonds is 10. The highest BCUT2D eigenvalue weighted by Gasteiger charge is 2.33. The summed E-state index contributed by atoms with van der Waals surface area (Å²) in [5, 5.41) is 0. The van der Waals surface area contributed by atoms with Gasteiger partial charge in [0.25, 0.3) is 0 Å². The highest BCUT2D eigenvalue weighted by molar-refractivity contribution is 5.39. The van der Waals surface area contributed by atoms with Gasteiger partial charge in [-0.1, -0.05) is 56.2 Å². The summed E-state index contributed by atoms with van der Waals surface area (Å²) in [4.78, 5) is 4.67. The summed E-state index contributed by atoms with van der Waals surface area (Å²) < 4.78 is 11.5. The van der Waals surface area contributed by atoms with Crippen LogP contribution >= 0.6 is 0 Å². The molecule has 3 aromatic rings. The lowest BCUT2D eigenvalue weighted by molar-refractivity contribution is 0.338. The van der Waals surface area contributed by atoms with Crippen LogP contribution < -0.4 is 9.47 Å². The summed E-state index contributed by atoms with van der Waals surface area (Å²) in [6, 6.07) is 23.9. The number of aryl methyl sites for hydroxylation is 1. The predicted octanol–water partition coefficient (Wildman–Crippen LogP) is 6.82. The highest BCUT2D eigenvalue weighted by Crippen LogP contribution is 2.37. The molecule has 0 N–H and O–H groups in total. The van der Waals surface area contributed by atoms with Crippen LogP contribution in [0.5, 0.6) is 17.4 Å². The molecular formula is C28H31NO2. The van der Waals surface area contributed by atoms with Gasteiger partial charge in [-0.25, -0.2) is 4.98 Å². The third kappa shape index (κ3) is 5.67. The van der Waals surface area contributed by atoms with Crippen molar-refractivity contribution in [1.29, 1.82) is 0 Å². The van der Waals surface area contributed by atoms with Crippen molar-refractivity contribution >= 4 is 0 Å². The average molecular weight is 414 g/mol. The fraction of sp³-hybridized carbons (Fsp3) is 0.321. The third-order valence-electron chi connectivity index (χ3n) is 5.67.